The summed E-state index contributed by atoms with van der Waals surface area (Å²) in [6.07, 6.45) is 2.92. The molecule has 0 unspecified atom stereocenters. The summed E-state index contributed by atoms with van der Waals surface area (Å²) in [4.78, 5) is 40.2. The molecular weight excluding hydrogens is 404 g/mol. The summed E-state index contributed by atoms with van der Waals surface area (Å²) < 4.78 is 0. The van der Waals surface area contributed by atoms with E-state index >= 15 is 0 Å². The summed E-state index contributed by atoms with van der Waals surface area (Å²) in [6.45, 7) is 1.71. The van der Waals surface area contributed by atoms with Crippen LogP contribution in [0.2, 0.25) is 0 Å². The number of carbonyl (C=O) groups excluding carboxylic acids is 2. The van der Waals surface area contributed by atoms with E-state index < -0.39 is 4.92 Å². The SMILES string of the molecule is CC(=O)N(c1ccccc1)c1nc(C=CC(=O)NCc2ccc([N+](=O)[O-])cc2)cs1. The third kappa shape index (κ3) is 5.36. The van der Waals surface area contributed by atoms with Crippen molar-refractivity contribution in [2.45, 2.75) is 13.5 Å². The molecule has 30 heavy (non-hydrogen) atoms. The Morgan fingerprint density at radius 3 is 2.50 bits per heavy atom. The average Bonchev–Trinajstić information content (AvgIpc) is 3.20. The molecule has 9 heteroatoms. The summed E-state index contributed by atoms with van der Waals surface area (Å²) in [5, 5.41) is 15.6. The van der Waals surface area contributed by atoms with E-state index in [2.05, 4.69) is 10.3 Å². The number of para-hydroxylation sites is 1. The summed E-state index contributed by atoms with van der Waals surface area (Å²) in [5.74, 6) is -0.485. The van der Waals surface area contributed by atoms with Gasteiger partial charge >= 0.3 is 0 Å². The Morgan fingerprint density at radius 1 is 1.17 bits per heavy atom. The lowest BCUT2D eigenvalue weighted by atomic mass is 10.2. The molecule has 2 amide bonds. The van der Waals surface area contributed by atoms with Gasteiger partial charge in [-0.25, -0.2) is 4.98 Å². The molecule has 0 radical (unpaired) electrons. The number of hydrogen-bond acceptors (Lipinski definition) is 6. The van der Waals surface area contributed by atoms with Gasteiger partial charge in [-0.2, -0.15) is 0 Å². The first-order valence-corrected chi connectivity index (χ1v) is 9.82. The van der Waals surface area contributed by atoms with Crippen molar-refractivity contribution in [3.63, 3.8) is 0 Å². The van der Waals surface area contributed by atoms with Crippen molar-refractivity contribution >= 4 is 45.7 Å². The molecule has 0 saturated carbocycles. The highest BCUT2D eigenvalue weighted by Crippen LogP contribution is 2.29. The molecule has 0 saturated heterocycles. The van der Waals surface area contributed by atoms with Crippen LogP contribution in [0.5, 0.6) is 0 Å². The average molecular weight is 422 g/mol. The lowest BCUT2D eigenvalue weighted by molar-refractivity contribution is -0.384. The monoisotopic (exact) mass is 422 g/mol. The zero-order valence-electron chi connectivity index (χ0n) is 16.0. The molecule has 152 valence electrons. The maximum absolute atomic E-state index is 12.1. The standard InChI is InChI=1S/C21H18N4O4S/c1-15(26)24(18-5-3-2-4-6-18)21-23-17(14-30-21)9-12-20(27)22-13-16-7-10-19(11-8-16)25(28)29/h2-12,14H,13H2,1H3,(H,22,27). The van der Waals surface area contributed by atoms with Gasteiger partial charge in [-0.3, -0.25) is 24.6 Å². The van der Waals surface area contributed by atoms with Gasteiger partial charge in [-0.05, 0) is 23.8 Å². The molecule has 2 aromatic carbocycles. The number of carbonyl (C=O) groups is 2. The number of nitro groups is 1. The van der Waals surface area contributed by atoms with E-state index in [1.54, 1.807) is 23.6 Å². The van der Waals surface area contributed by atoms with Crippen LogP contribution in [-0.2, 0) is 16.1 Å². The van der Waals surface area contributed by atoms with Crippen LogP contribution in [0.4, 0.5) is 16.5 Å². The summed E-state index contributed by atoms with van der Waals surface area (Å²) in [7, 11) is 0. The number of thiazole rings is 1. The first-order valence-electron chi connectivity index (χ1n) is 8.94. The fraction of sp³-hybridized carbons (Fsp3) is 0.0952. The Morgan fingerprint density at radius 2 is 1.87 bits per heavy atom. The lowest BCUT2D eigenvalue weighted by Crippen LogP contribution is -2.22. The van der Waals surface area contributed by atoms with Crippen LogP contribution < -0.4 is 10.2 Å². The molecule has 0 aliphatic rings. The van der Waals surface area contributed by atoms with Gasteiger partial charge in [-0.15, -0.1) is 11.3 Å². The van der Waals surface area contributed by atoms with E-state index in [0.29, 0.717) is 10.8 Å². The Balaban J connectivity index is 1.61. The number of amides is 2. The molecule has 8 nitrogen and oxygen atoms in total. The number of nitrogens with zero attached hydrogens (tertiary/aromatic N) is 3. The van der Waals surface area contributed by atoms with Crippen LogP contribution >= 0.6 is 11.3 Å². The largest absolute Gasteiger partial charge is 0.348 e. The van der Waals surface area contributed by atoms with E-state index in [9.17, 15) is 19.7 Å². The second-order valence-corrected chi connectivity index (χ2v) is 7.06. The highest BCUT2D eigenvalue weighted by molar-refractivity contribution is 7.14. The van der Waals surface area contributed by atoms with Crippen molar-refractivity contribution in [3.05, 3.63) is 87.4 Å². The highest BCUT2D eigenvalue weighted by atomic mass is 32.1. The van der Waals surface area contributed by atoms with Gasteiger partial charge in [0.2, 0.25) is 11.8 Å². The van der Waals surface area contributed by atoms with Gasteiger partial charge in [0.15, 0.2) is 5.13 Å². The number of nitrogens with one attached hydrogen (secondary N) is 1. The van der Waals surface area contributed by atoms with E-state index in [4.69, 9.17) is 0 Å². The van der Waals surface area contributed by atoms with Crippen LogP contribution in [0.3, 0.4) is 0 Å². The van der Waals surface area contributed by atoms with Crippen molar-refractivity contribution in [1.29, 1.82) is 0 Å². The zero-order chi connectivity index (χ0) is 21.5. The minimum Gasteiger partial charge on any atom is -0.348 e. The van der Waals surface area contributed by atoms with E-state index in [1.165, 1.54) is 41.4 Å². The third-order valence-electron chi connectivity index (χ3n) is 4.05. The lowest BCUT2D eigenvalue weighted by Gasteiger charge is -2.17. The number of benzene rings is 2. The van der Waals surface area contributed by atoms with Crippen molar-refractivity contribution in [1.82, 2.24) is 10.3 Å². The zero-order valence-corrected chi connectivity index (χ0v) is 16.8. The first kappa shape index (κ1) is 20.9. The van der Waals surface area contributed by atoms with Gasteiger partial charge in [0.05, 0.1) is 16.3 Å². The Kier molecular flexibility index (Phi) is 6.66. The molecule has 0 bridgehead atoms. The molecule has 0 atom stereocenters. The molecule has 0 spiro atoms. The second-order valence-electron chi connectivity index (χ2n) is 6.22. The smallest absolute Gasteiger partial charge is 0.269 e. The molecular formula is C21H18N4O4S. The van der Waals surface area contributed by atoms with Crippen LogP contribution in [-0.4, -0.2) is 21.7 Å². The number of aromatic nitrogens is 1. The molecule has 1 heterocycles. The van der Waals surface area contributed by atoms with Gasteiger partial charge in [0.1, 0.15) is 0 Å². The fourth-order valence-electron chi connectivity index (χ4n) is 2.60. The predicted octanol–water partition coefficient (Wildman–Crippen LogP) is 4.07. The Hall–Kier alpha value is -3.85. The van der Waals surface area contributed by atoms with Crippen LogP contribution in [0.25, 0.3) is 6.08 Å². The second kappa shape index (κ2) is 9.57. The third-order valence-corrected chi connectivity index (χ3v) is 4.89. The minimum absolute atomic E-state index is 0.000541. The number of nitro benzene ring substituents is 1. The predicted molar refractivity (Wildman–Crippen MR) is 115 cm³/mol. The van der Waals surface area contributed by atoms with Crippen molar-refractivity contribution < 1.29 is 14.5 Å². The van der Waals surface area contributed by atoms with Gasteiger partial charge in [0, 0.05) is 37.1 Å². The molecule has 0 aliphatic heterocycles. The normalized spacial score (nSPS) is 10.7. The Labute approximate surface area is 176 Å². The van der Waals surface area contributed by atoms with Crippen molar-refractivity contribution in [2.24, 2.45) is 0 Å². The van der Waals surface area contributed by atoms with E-state index in [0.717, 1.165) is 11.3 Å². The quantitative estimate of drug-likeness (QED) is 0.351. The number of rotatable bonds is 7. The van der Waals surface area contributed by atoms with Gasteiger partial charge in [0.25, 0.3) is 5.69 Å². The summed E-state index contributed by atoms with van der Waals surface area (Å²) in [5.41, 5.74) is 2.02. The molecule has 1 N–H and O–H groups in total. The molecule has 3 rings (SSSR count). The maximum atomic E-state index is 12.1. The van der Waals surface area contributed by atoms with E-state index in [1.807, 2.05) is 30.3 Å². The molecule has 3 aromatic rings. The van der Waals surface area contributed by atoms with Crippen LogP contribution in [0.1, 0.15) is 18.2 Å². The number of hydrogen-bond donors (Lipinski definition) is 1. The van der Waals surface area contributed by atoms with E-state index in [-0.39, 0.29) is 24.0 Å². The Bertz CT molecular complexity index is 1080. The highest BCUT2D eigenvalue weighted by Gasteiger charge is 2.17. The topological polar surface area (TPSA) is 105 Å². The van der Waals surface area contributed by atoms with Crippen LogP contribution in [0, 0.1) is 10.1 Å². The molecule has 1 aromatic heterocycles. The van der Waals surface area contributed by atoms with Gasteiger partial charge < -0.3 is 5.32 Å². The summed E-state index contributed by atoms with van der Waals surface area (Å²) >= 11 is 1.30. The molecule has 0 aliphatic carbocycles. The van der Waals surface area contributed by atoms with Crippen LogP contribution in [0.15, 0.2) is 66.1 Å². The first-order chi connectivity index (χ1) is 14.4. The maximum Gasteiger partial charge on any atom is 0.269 e. The fourth-order valence-corrected chi connectivity index (χ4v) is 3.46. The minimum atomic E-state index is -0.474. The number of anilines is 2. The summed E-state index contributed by atoms with van der Waals surface area (Å²) in [6, 6.07) is 15.2. The number of non-ortho nitro benzene ring substituents is 1. The van der Waals surface area contributed by atoms with Crippen molar-refractivity contribution in [2.75, 3.05) is 4.90 Å². The molecule has 0 fully saturated rings. The van der Waals surface area contributed by atoms with Gasteiger partial charge in [-0.1, -0.05) is 30.3 Å². The van der Waals surface area contributed by atoms with Crippen molar-refractivity contribution in [3.8, 4) is 0 Å².